The molecule has 1 aliphatic heterocycles. The second-order valence-electron chi connectivity index (χ2n) is 7.39. The van der Waals surface area contributed by atoms with E-state index in [2.05, 4.69) is 34.6 Å². The van der Waals surface area contributed by atoms with Crippen LogP contribution in [0.4, 0.5) is 0 Å². The third-order valence-corrected chi connectivity index (χ3v) is 5.88. The number of pyridine rings is 1. The summed E-state index contributed by atoms with van der Waals surface area (Å²) < 4.78 is 11.5. The molecule has 4 nitrogen and oxygen atoms in total. The van der Waals surface area contributed by atoms with Gasteiger partial charge in [0.15, 0.2) is 0 Å². The molecule has 132 valence electrons. The summed E-state index contributed by atoms with van der Waals surface area (Å²) in [4.78, 5) is 4.26. The van der Waals surface area contributed by atoms with Crippen molar-refractivity contribution in [1.29, 1.82) is 0 Å². The summed E-state index contributed by atoms with van der Waals surface area (Å²) in [7, 11) is 3.57. The van der Waals surface area contributed by atoms with E-state index in [9.17, 15) is 0 Å². The summed E-state index contributed by atoms with van der Waals surface area (Å²) in [5.41, 5.74) is 4.20. The van der Waals surface area contributed by atoms with Gasteiger partial charge >= 0.3 is 0 Å². The molecule has 1 aromatic heterocycles. The number of nitrogens with one attached hydrogen (secondary N) is 1. The van der Waals surface area contributed by atoms with Crippen LogP contribution >= 0.6 is 0 Å². The predicted octanol–water partition coefficient (Wildman–Crippen LogP) is 3.31. The molecule has 1 fully saturated rings. The number of hydrogen-bond donors (Lipinski definition) is 1. The smallest absolute Gasteiger partial charge is 0.119 e. The molecule has 0 saturated carbocycles. The topological polar surface area (TPSA) is 43.4 Å². The SMILES string of the molecule is COc1ccc2c(c1)[C@H](OC)C1(CCN[C@H](Cc3cccnc3)C1)C2. The van der Waals surface area contributed by atoms with Gasteiger partial charge < -0.3 is 14.8 Å². The van der Waals surface area contributed by atoms with E-state index in [1.807, 2.05) is 25.6 Å². The number of nitrogens with zero attached hydrogens (tertiary/aromatic N) is 1. The summed E-state index contributed by atoms with van der Waals surface area (Å²) in [6.45, 7) is 1.04. The van der Waals surface area contributed by atoms with E-state index in [1.165, 1.54) is 16.7 Å². The van der Waals surface area contributed by atoms with Crippen LogP contribution in [0.15, 0.2) is 42.7 Å². The number of piperidine rings is 1. The highest BCUT2D eigenvalue weighted by atomic mass is 16.5. The zero-order chi connectivity index (χ0) is 17.3. The zero-order valence-electron chi connectivity index (χ0n) is 15.0. The minimum Gasteiger partial charge on any atom is -0.497 e. The normalized spacial score (nSPS) is 28.1. The lowest BCUT2D eigenvalue weighted by atomic mass is 9.71. The number of aromatic nitrogens is 1. The van der Waals surface area contributed by atoms with Gasteiger partial charge in [-0.1, -0.05) is 12.1 Å². The van der Waals surface area contributed by atoms with Crippen LogP contribution in [0, 0.1) is 5.41 Å². The zero-order valence-corrected chi connectivity index (χ0v) is 15.0. The van der Waals surface area contributed by atoms with Crippen molar-refractivity contribution in [3.8, 4) is 5.75 Å². The van der Waals surface area contributed by atoms with Crippen LogP contribution in [0.1, 0.15) is 35.6 Å². The molecule has 1 aromatic carbocycles. The maximum absolute atomic E-state index is 6.03. The Morgan fingerprint density at radius 1 is 1.28 bits per heavy atom. The molecular weight excluding hydrogens is 312 g/mol. The number of benzene rings is 1. The molecule has 2 aromatic rings. The third-order valence-electron chi connectivity index (χ3n) is 5.88. The molecule has 1 unspecified atom stereocenters. The summed E-state index contributed by atoms with van der Waals surface area (Å²) in [5, 5.41) is 3.70. The van der Waals surface area contributed by atoms with E-state index in [1.54, 1.807) is 7.11 Å². The molecule has 1 saturated heterocycles. The molecule has 0 bridgehead atoms. The molecule has 1 aliphatic carbocycles. The van der Waals surface area contributed by atoms with Gasteiger partial charge in [0.2, 0.25) is 0 Å². The van der Waals surface area contributed by atoms with Crippen LogP contribution in [-0.2, 0) is 17.6 Å². The first-order valence-electron chi connectivity index (χ1n) is 9.06. The van der Waals surface area contributed by atoms with E-state index in [0.29, 0.717) is 6.04 Å². The number of fused-ring (bicyclic) bond motifs is 1. The number of ether oxygens (including phenoxy) is 2. The van der Waals surface area contributed by atoms with Crippen LogP contribution in [0.2, 0.25) is 0 Å². The second kappa shape index (κ2) is 6.77. The van der Waals surface area contributed by atoms with Gasteiger partial charge in [0.05, 0.1) is 13.2 Å². The fourth-order valence-electron chi connectivity index (χ4n) is 4.82. The fraction of sp³-hybridized carbons (Fsp3) is 0.476. The molecular formula is C21H26N2O2. The minimum atomic E-state index is 0.149. The Kier molecular flexibility index (Phi) is 4.48. The van der Waals surface area contributed by atoms with E-state index < -0.39 is 0 Å². The standard InChI is InChI=1S/C21H26N2O2/c1-24-18-6-5-16-12-21(20(25-2)19(16)11-18)7-9-23-17(13-21)10-15-4-3-8-22-14-15/h3-6,8,11,14,17,20,23H,7,9-10,12-13H2,1-2H3/t17-,20+,21?/m1/s1. The average molecular weight is 338 g/mol. The molecule has 0 radical (unpaired) electrons. The Balaban J connectivity index is 1.58. The van der Waals surface area contributed by atoms with E-state index in [4.69, 9.17) is 9.47 Å². The van der Waals surface area contributed by atoms with Crippen molar-refractivity contribution >= 4 is 0 Å². The van der Waals surface area contributed by atoms with Gasteiger partial charge in [0, 0.05) is 31.0 Å². The molecule has 4 rings (SSSR count). The molecule has 0 amide bonds. The van der Waals surface area contributed by atoms with Gasteiger partial charge in [-0.25, -0.2) is 0 Å². The van der Waals surface area contributed by atoms with Crippen LogP contribution in [0.3, 0.4) is 0 Å². The monoisotopic (exact) mass is 338 g/mol. The predicted molar refractivity (Wildman–Crippen MR) is 97.8 cm³/mol. The van der Waals surface area contributed by atoms with Crippen LogP contribution < -0.4 is 10.1 Å². The quantitative estimate of drug-likeness (QED) is 0.929. The molecule has 1 N–H and O–H groups in total. The van der Waals surface area contributed by atoms with Crippen molar-refractivity contribution in [2.24, 2.45) is 5.41 Å². The summed E-state index contributed by atoms with van der Waals surface area (Å²) in [6.07, 6.45) is 8.34. The maximum Gasteiger partial charge on any atom is 0.119 e. The molecule has 1 spiro atoms. The first kappa shape index (κ1) is 16.6. The molecule has 25 heavy (non-hydrogen) atoms. The second-order valence-corrected chi connectivity index (χ2v) is 7.39. The number of hydrogen-bond acceptors (Lipinski definition) is 4. The van der Waals surface area contributed by atoms with Crippen molar-refractivity contribution in [1.82, 2.24) is 10.3 Å². The number of methoxy groups -OCH3 is 2. The Morgan fingerprint density at radius 2 is 2.20 bits per heavy atom. The van der Waals surface area contributed by atoms with Gasteiger partial charge in [0.25, 0.3) is 0 Å². The minimum absolute atomic E-state index is 0.149. The summed E-state index contributed by atoms with van der Waals surface area (Å²) >= 11 is 0. The Hall–Kier alpha value is -1.91. The van der Waals surface area contributed by atoms with Crippen molar-refractivity contribution in [3.05, 3.63) is 59.4 Å². The lowest BCUT2D eigenvalue weighted by Crippen LogP contribution is -2.47. The van der Waals surface area contributed by atoms with Crippen molar-refractivity contribution in [2.45, 2.75) is 37.8 Å². The maximum atomic E-state index is 6.03. The Labute approximate surface area is 149 Å². The van der Waals surface area contributed by atoms with Crippen LogP contribution in [-0.4, -0.2) is 31.8 Å². The highest BCUT2D eigenvalue weighted by Crippen LogP contribution is 2.54. The van der Waals surface area contributed by atoms with Gasteiger partial charge in [-0.05, 0) is 67.1 Å². The van der Waals surface area contributed by atoms with Gasteiger partial charge in [-0.15, -0.1) is 0 Å². The highest BCUT2D eigenvalue weighted by Gasteiger charge is 2.49. The summed E-state index contributed by atoms with van der Waals surface area (Å²) in [6, 6.07) is 11.1. The van der Waals surface area contributed by atoms with Crippen molar-refractivity contribution in [2.75, 3.05) is 20.8 Å². The fourth-order valence-corrected chi connectivity index (χ4v) is 4.82. The van der Waals surface area contributed by atoms with Gasteiger partial charge in [0.1, 0.15) is 5.75 Å². The Bertz CT molecular complexity index is 734. The summed E-state index contributed by atoms with van der Waals surface area (Å²) in [5.74, 6) is 0.915. The number of rotatable bonds is 4. The van der Waals surface area contributed by atoms with E-state index in [0.717, 1.165) is 38.0 Å². The van der Waals surface area contributed by atoms with Crippen LogP contribution in [0.5, 0.6) is 5.75 Å². The lowest BCUT2D eigenvalue weighted by Gasteiger charge is -2.42. The lowest BCUT2D eigenvalue weighted by molar-refractivity contribution is -0.0290. The van der Waals surface area contributed by atoms with E-state index in [-0.39, 0.29) is 11.5 Å². The molecule has 2 aliphatic rings. The molecule has 4 heteroatoms. The molecule has 2 heterocycles. The van der Waals surface area contributed by atoms with Crippen molar-refractivity contribution in [3.63, 3.8) is 0 Å². The van der Waals surface area contributed by atoms with Crippen molar-refractivity contribution < 1.29 is 9.47 Å². The molecule has 3 atom stereocenters. The first-order chi connectivity index (χ1) is 12.2. The third kappa shape index (κ3) is 3.05. The van der Waals surface area contributed by atoms with Crippen LogP contribution in [0.25, 0.3) is 0 Å². The largest absolute Gasteiger partial charge is 0.497 e. The first-order valence-corrected chi connectivity index (χ1v) is 9.06. The highest BCUT2D eigenvalue weighted by molar-refractivity contribution is 5.43. The van der Waals surface area contributed by atoms with Gasteiger partial charge in [-0.2, -0.15) is 0 Å². The van der Waals surface area contributed by atoms with E-state index >= 15 is 0 Å². The van der Waals surface area contributed by atoms with Gasteiger partial charge in [-0.3, -0.25) is 4.98 Å². The average Bonchev–Trinajstić information content (AvgIpc) is 2.93. The Morgan fingerprint density at radius 3 is 2.96 bits per heavy atom.